The third kappa shape index (κ3) is 5.53. The summed E-state index contributed by atoms with van der Waals surface area (Å²) < 4.78 is 41.9. The Kier molecular flexibility index (Phi) is 7.23. The number of ether oxygens (including phenoxy) is 1. The second-order valence-electron chi connectivity index (χ2n) is 6.44. The zero-order valence-electron chi connectivity index (χ0n) is 16.0. The van der Waals surface area contributed by atoms with Crippen LogP contribution in [0.2, 0.25) is 0 Å². The topological polar surface area (TPSA) is 98.3 Å². The number of carbonyl (C=O) groups excluding carboxylic acids is 1. The van der Waals surface area contributed by atoms with E-state index in [-0.39, 0.29) is 11.5 Å². The van der Waals surface area contributed by atoms with E-state index in [1.165, 1.54) is 17.8 Å². The van der Waals surface area contributed by atoms with E-state index in [4.69, 9.17) is 4.74 Å². The van der Waals surface area contributed by atoms with E-state index in [0.29, 0.717) is 23.2 Å². The lowest BCUT2D eigenvalue weighted by Crippen LogP contribution is -2.42. The largest absolute Gasteiger partial charge is 0.460 e. The van der Waals surface area contributed by atoms with Crippen LogP contribution in [0.5, 0.6) is 0 Å². The number of esters is 1. The molecule has 1 unspecified atom stereocenters. The molecule has 3 rings (SSSR count). The molecular weight excluding hydrogens is 430 g/mol. The first-order chi connectivity index (χ1) is 13.9. The van der Waals surface area contributed by atoms with Gasteiger partial charge >= 0.3 is 5.97 Å². The maximum Gasteiger partial charge on any atom is 0.324 e. The summed E-state index contributed by atoms with van der Waals surface area (Å²) in [6.07, 6.45) is 2.21. The molecule has 0 aliphatic rings. The van der Waals surface area contributed by atoms with Crippen molar-refractivity contribution in [2.45, 2.75) is 30.9 Å². The molecule has 154 valence electrons. The number of sulfonamides is 1. The van der Waals surface area contributed by atoms with E-state index >= 15 is 0 Å². The van der Waals surface area contributed by atoms with Crippen LogP contribution in [0.25, 0.3) is 11.0 Å². The summed E-state index contributed by atoms with van der Waals surface area (Å²) in [7, 11) is -3.98. The Labute approximate surface area is 178 Å². The van der Waals surface area contributed by atoms with E-state index in [1.54, 1.807) is 12.1 Å². The smallest absolute Gasteiger partial charge is 0.324 e. The van der Waals surface area contributed by atoms with Crippen LogP contribution in [0.4, 0.5) is 0 Å². The minimum absolute atomic E-state index is 0.00406. The molecule has 1 atom stereocenters. The molecule has 1 aromatic heterocycles. The van der Waals surface area contributed by atoms with E-state index < -0.39 is 22.0 Å². The highest BCUT2D eigenvalue weighted by atomic mass is 32.2. The molecule has 0 radical (unpaired) electrons. The second kappa shape index (κ2) is 9.66. The molecule has 7 nitrogen and oxygen atoms in total. The molecule has 0 saturated heterocycles. The highest BCUT2D eigenvalue weighted by Gasteiger charge is 2.28. The summed E-state index contributed by atoms with van der Waals surface area (Å²) in [5, 5.41) is 0. The Hall–Kier alpha value is -2.01. The van der Waals surface area contributed by atoms with Crippen molar-refractivity contribution < 1.29 is 17.9 Å². The zero-order valence-corrected chi connectivity index (χ0v) is 18.4. The van der Waals surface area contributed by atoms with Crippen LogP contribution in [-0.2, 0) is 26.2 Å². The van der Waals surface area contributed by atoms with Gasteiger partial charge < -0.3 is 4.74 Å². The molecule has 1 N–H and O–H groups in total. The fourth-order valence-electron chi connectivity index (χ4n) is 2.77. The summed E-state index contributed by atoms with van der Waals surface area (Å²) in [6, 6.07) is 11.4. The third-order valence-electron chi connectivity index (χ3n) is 4.19. The number of fused-ring (bicyclic) bond motifs is 1. The van der Waals surface area contributed by atoms with Gasteiger partial charge in [-0.3, -0.25) is 4.79 Å². The predicted molar refractivity (Wildman–Crippen MR) is 115 cm³/mol. The standard InChI is InChI=1S/C19H21N3O4S3/c1-13-5-3-6-14(11-13)12-26-19(23)16(9-10-27-2)22-29(24,25)17-8-4-7-15-18(17)21-28-20-15/h3-8,11,16,22H,9-10,12H2,1-2H3. The van der Waals surface area contributed by atoms with Gasteiger partial charge in [0.15, 0.2) is 0 Å². The Bertz CT molecular complexity index is 1100. The van der Waals surface area contributed by atoms with Crippen LogP contribution >= 0.6 is 23.5 Å². The Morgan fingerprint density at radius 3 is 2.79 bits per heavy atom. The lowest BCUT2D eigenvalue weighted by atomic mass is 10.1. The van der Waals surface area contributed by atoms with Gasteiger partial charge in [-0.05, 0) is 43.0 Å². The molecule has 0 fully saturated rings. The summed E-state index contributed by atoms with van der Waals surface area (Å²) in [4.78, 5) is 12.6. The number of benzene rings is 2. The van der Waals surface area contributed by atoms with Crippen molar-refractivity contribution in [3.63, 3.8) is 0 Å². The van der Waals surface area contributed by atoms with E-state index in [2.05, 4.69) is 13.5 Å². The van der Waals surface area contributed by atoms with Gasteiger partial charge in [-0.15, -0.1) is 0 Å². The molecule has 0 bridgehead atoms. The number of nitrogens with zero attached hydrogens (tertiary/aromatic N) is 2. The van der Waals surface area contributed by atoms with Gasteiger partial charge in [0, 0.05) is 0 Å². The first-order valence-electron chi connectivity index (χ1n) is 8.85. The molecule has 0 saturated carbocycles. The second-order valence-corrected chi connectivity index (χ2v) is 9.64. The van der Waals surface area contributed by atoms with E-state index in [9.17, 15) is 13.2 Å². The maximum absolute atomic E-state index is 13.0. The van der Waals surface area contributed by atoms with Crippen molar-refractivity contribution >= 4 is 50.5 Å². The molecule has 0 spiro atoms. The van der Waals surface area contributed by atoms with Crippen molar-refractivity contribution in [3.05, 3.63) is 53.6 Å². The molecule has 3 aromatic rings. The van der Waals surface area contributed by atoms with Crippen molar-refractivity contribution in [2.75, 3.05) is 12.0 Å². The van der Waals surface area contributed by atoms with Crippen molar-refractivity contribution in [2.24, 2.45) is 0 Å². The number of aromatic nitrogens is 2. The Morgan fingerprint density at radius 1 is 1.24 bits per heavy atom. The Balaban J connectivity index is 1.77. The van der Waals surface area contributed by atoms with Crippen molar-refractivity contribution in [1.82, 2.24) is 13.5 Å². The highest BCUT2D eigenvalue weighted by molar-refractivity contribution is 7.98. The van der Waals surface area contributed by atoms with E-state index in [1.807, 2.05) is 37.4 Å². The zero-order chi connectivity index (χ0) is 20.9. The monoisotopic (exact) mass is 451 g/mol. The van der Waals surface area contributed by atoms with Crippen LogP contribution < -0.4 is 4.72 Å². The first kappa shape index (κ1) is 21.7. The molecule has 29 heavy (non-hydrogen) atoms. The van der Waals surface area contributed by atoms with Gasteiger partial charge in [0.2, 0.25) is 10.0 Å². The van der Waals surface area contributed by atoms with Gasteiger partial charge in [0.25, 0.3) is 0 Å². The number of rotatable bonds is 9. The highest BCUT2D eigenvalue weighted by Crippen LogP contribution is 2.22. The average Bonchev–Trinajstić information content (AvgIpc) is 3.18. The molecule has 2 aromatic carbocycles. The lowest BCUT2D eigenvalue weighted by Gasteiger charge is -2.18. The van der Waals surface area contributed by atoms with Crippen LogP contribution in [-0.4, -0.2) is 41.2 Å². The van der Waals surface area contributed by atoms with Crippen LogP contribution in [0.3, 0.4) is 0 Å². The Morgan fingerprint density at radius 2 is 2.03 bits per heavy atom. The molecule has 0 aliphatic heterocycles. The number of carbonyl (C=O) groups is 1. The van der Waals surface area contributed by atoms with Gasteiger partial charge in [-0.2, -0.15) is 25.2 Å². The van der Waals surface area contributed by atoms with E-state index in [0.717, 1.165) is 22.9 Å². The van der Waals surface area contributed by atoms with Crippen LogP contribution in [0.15, 0.2) is 47.4 Å². The van der Waals surface area contributed by atoms with Gasteiger partial charge in [-0.25, -0.2) is 8.42 Å². The fourth-order valence-corrected chi connectivity index (χ4v) is 5.22. The third-order valence-corrected chi connectivity index (χ3v) is 6.88. The quantitative estimate of drug-likeness (QED) is 0.499. The minimum Gasteiger partial charge on any atom is -0.460 e. The molecule has 10 heteroatoms. The van der Waals surface area contributed by atoms with Gasteiger partial charge in [-0.1, -0.05) is 35.9 Å². The number of nitrogens with one attached hydrogen (secondary N) is 1. The molecule has 0 aliphatic carbocycles. The summed E-state index contributed by atoms with van der Waals surface area (Å²) in [5.41, 5.74) is 2.70. The number of hydrogen-bond acceptors (Lipinski definition) is 8. The van der Waals surface area contributed by atoms with Crippen molar-refractivity contribution in [3.8, 4) is 0 Å². The fraction of sp³-hybridized carbons (Fsp3) is 0.316. The normalized spacial score (nSPS) is 12.8. The summed E-state index contributed by atoms with van der Waals surface area (Å²) in [6.45, 7) is 2.04. The van der Waals surface area contributed by atoms with Gasteiger partial charge in [0.1, 0.15) is 28.6 Å². The maximum atomic E-state index is 13.0. The number of aryl methyl sites for hydroxylation is 1. The summed E-state index contributed by atoms with van der Waals surface area (Å²) >= 11 is 2.47. The number of thioether (sulfide) groups is 1. The van der Waals surface area contributed by atoms with Crippen LogP contribution in [0, 0.1) is 6.92 Å². The predicted octanol–water partition coefficient (Wildman–Crippen LogP) is 3.14. The average molecular weight is 452 g/mol. The lowest BCUT2D eigenvalue weighted by molar-refractivity contribution is -0.147. The molecule has 1 heterocycles. The van der Waals surface area contributed by atoms with Gasteiger partial charge in [0.05, 0.1) is 11.7 Å². The minimum atomic E-state index is -3.98. The number of hydrogen-bond donors (Lipinski definition) is 1. The van der Waals surface area contributed by atoms with Crippen molar-refractivity contribution in [1.29, 1.82) is 0 Å². The van der Waals surface area contributed by atoms with Crippen LogP contribution in [0.1, 0.15) is 17.5 Å². The first-order valence-corrected chi connectivity index (χ1v) is 12.5. The molecular formula is C19H21N3O4S3. The summed E-state index contributed by atoms with van der Waals surface area (Å²) in [5.74, 6) is 0.00236. The SMILES string of the molecule is CSCCC(NS(=O)(=O)c1cccc2nsnc12)C(=O)OCc1cccc(C)c1. The molecule has 0 amide bonds.